The molecule has 1 aromatic heterocycles. The van der Waals surface area contributed by atoms with Gasteiger partial charge in [-0.3, -0.25) is 0 Å². The molecule has 0 saturated heterocycles. The highest BCUT2D eigenvalue weighted by atomic mass is 32.1. The molecule has 92 valence electrons. The van der Waals surface area contributed by atoms with Crippen LogP contribution in [0.5, 0.6) is 5.75 Å². The summed E-state index contributed by atoms with van der Waals surface area (Å²) >= 11 is 1.40. The molecular formula is C11H21N3OS. The predicted octanol–water partition coefficient (Wildman–Crippen LogP) is 2.75. The van der Waals surface area contributed by atoms with E-state index in [1.54, 1.807) is 0 Å². The third-order valence-electron chi connectivity index (χ3n) is 2.63. The van der Waals surface area contributed by atoms with Gasteiger partial charge in [-0.1, -0.05) is 13.3 Å². The molecule has 1 rings (SSSR count). The fraction of sp³-hybridized carbons (Fsp3) is 0.727. The summed E-state index contributed by atoms with van der Waals surface area (Å²) in [5.74, 6) is 1.23. The van der Waals surface area contributed by atoms with Gasteiger partial charge in [-0.2, -0.15) is 4.37 Å². The van der Waals surface area contributed by atoms with Gasteiger partial charge < -0.3 is 15.4 Å². The van der Waals surface area contributed by atoms with Crippen LogP contribution >= 0.6 is 11.5 Å². The van der Waals surface area contributed by atoms with E-state index in [-0.39, 0.29) is 0 Å². The average Bonchev–Trinajstić information content (AvgIpc) is 2.61. The summed E-state index contributed by atoms with van der Waals surface area (Å²) in [4.78, 5) is 2.20. The molecule has 0 aliphatic heterocycles. The molecule has 0 spiro atoms. The number of nitrogens with two attached hydrogens (primary N) is 1. The summed E-state index contributed by atoms with van der Waals surface area (Å²) in [6, 6.07) is 0.476. The normalized spacial score (nSPS) is 12.5. The van der Waals surface area contributed by atoms with Crippen LogP contribution in [-0.4, -0.2) is 24.1 Å². The highest BCUT2D eigenvalue weighted by Crippen LogP contribution is 2.38. The number of hydrogen-bond donors (Lipinski definition) is 1. The molecule has 0 saturated carbocycles. The van der Waals surface area contributed by atoms with E-state index >= 15 is 0 Å². The van der Waals surface area contributed by atoms with Crippen LogP contribution in [0.25, 0.3) is 0 Å². The van der Waals surface area contributed by atoms with Crippen molar-refractivity contribution in [3.05, 3.63) is 0 Å². The number of ether oxygens (including phenoxy) is 1. The second-order valence-electron chi connectivity index (χ2n) is 3.88. The Labute approximate surface area is 102 Å². The van der Waals surface area contributed by atoms with E-state index in [1.165, 1.54) is 18.0 Å². The van der Waals surface area contributed by atoms with E-state index in [4.69, 9.17) is 10.5 Å². The molecule has 0 aliphatic carbocycles. The van der Waals surface area contributed by atoms with Gasteiger partial charge in [0, 0.05) is 13.1 Å². The Morgan fingerprint density at radius 2 is 2.19 bits per heavy atom. The standard InChI is InChI=1S/C11H21N3OS/c1-5-7-8(3)14(4)11-9(15-6-2)10(12)13-16-11/h8H,5-7H2,1-4H3,(H2,12,13). The molecule has 0 amide bonds. The third-order valence-corrected chi connectivity index (χ3v) is 3.57. The summed E-state index contributed by atoms with van der Waals surface area (Å²) in [7, 11) is 2.07. The van der Waals surface area contributed by atoms with Crippen LogP contribution in [0.2, 0.25) is 0 Å². The lowest BCUT2D eigenvalue weighted by Gasteiger charge is -2.25. The SMILES string of the molecule is CCCC(C)N(C)c1snc(N)c1OCC. The fourth-order valence-corrected chi connectivity index (χ4v) is 2.42. The van der Waals surface area contributed by atoms with Gasteiger partial charge in [0.1, 0.15) is 0 Å². The Morgan fingerprint density at radius 3 is 2.75 bits per heavy atom. The highest BCUT2D eigenvalue weighted by Gasteiger charge is 2.19. The van der Waals surface area contributed by atoms with Crippen molar-refractivity contribution in [2.75, 3.05) is 24.3 Å². The monoisotopic (exact) mass is 243 g/mol. The molecule has 0 bridgehead atoms. The van der Waals surface area contributed by atoms with Gasteiger partial charge in [-0.05, 0) is 31.8 Å². The number of rotatable bonds is 6. The van der Waals surface area contributed by atoms with Crippen molar-refractivity contribution >= 4 is 22.4 Å². The van der Waals surface area contributed by atoms with Crippen LogP contribution in [-0.2, 0) is 0 Å². The van der Waals surface area contributed by atoms with Gasteiger partial charge in [-0.25, -0.2) is 0 Å². The maximum atomic E-state index is 5.79. The molecule has 5 heteroatoms. The van der Waals surface area contributed by atoms with Crippen LogP contribution < -0.4 is 15.4 Å². The lowest BCUT2D eigenvalue weighted by Crippen LogP contribution is -2.28. The van der Waals surface area contributed by atoms with Crippen LogP contribution in [0.3, 0.4) is 0 Å². The molecular weight excluding hydrogens is 222 g/mol. The minimum atomic E-state index is 0.476. The second-order valence-corrected chi connectivity index (χ2v) is 4.64. The number of hydrogen-bond acceptors (Lipinski definition) is 5. The summed E-state index contributed by atoms with van der Waals surface area (Å²) in [5, 5.41) is 1.03. The van der Waals surface area contributed by atoms with Gasteiger partial charge in [0.05, 0.1) is 6.61 Å². The van der Waals surface area contributed by atoms with Crippen molar-refractivity contribution < 1.29 is 4.74 Å². The van der Waals surface area contributed by atoms with E-state index in [9.17, 15) is 0 Å². The zero-order valence-corrected chi connectivity index (χ0v) is 11.3. The Kier molecular flexibility index (Phi) is 4.86. The molecule has 1 heterocycles. The summed E-state index contributed by atoms with van der Waals surface area (Å²) in [6.45, 7) is 6.96. The first kappa shape index (κ1) is 13.1. The van der Waals surface area contributed by atoms with Crippen LogP contribution in [0, 0.1) is 0 Å². The lowest BCUT2D eigenvalue weighted by molar-refractivity contribution is 0.342. The van der Waals surface area contributed by atoms with E-state index in [2.05, 4.69) is 30.2 Å². The Hall–Kier alpha value is -0.970. The molecule has 0 radical (unpaired) electrons. The van der Waals surface area contributed by atoms with Gasteiger partial charge in [-0.15, -0.1) is 0 Å². The number of nitrogen functional groups attached to an aromatic ring is 1. The largest absolute Gasteiger partial charge is 0.487 e. The zero-order chi connectivity index (χ0) is 12.1. The van der Waals surface area contributed by atoms with Gasteiger partial charge in [0.25, 0.3) is 0 Å². The van der Waals surface area contributed by atoms with Crippen molar-refractivity contribution in [3.8, 4) is 5.75 Å². The zero-order valence-electron chi connectivity index (χ0n) is 10.5. The first-order chi connectivity index (χ1) is 7.61. The lowest BCUT2D eigenvalue weighted by atomic mass is 10.2. The second kappa shape index (κ2) is 5.94. The summed E-state index contributed by atoms with van der Waals surface area (Å²) < 4.78 is 9.69. The first-order valence-electron chi connectivity index (χ1n) is 5.72. The maximum absolute atomic E-state index is 5.79. The average molecular weight is 243 g/mol. The molecule has 0 aliphatic rings. The predicted molar refractivity (Wildman–Crippen MR) is 70.5 cm³/mol. The van der Waals surface area contributed by atoms with Crippen molar-refractivity contribution in [1.82, 2.24) is 4.37 Å². The molecule has 0 fully saturated rings. The van der Waals surface area contributed by atoms with Crippen LogP contribution in [0.4, 0.5) is 10.8 Å². The quantitative estimate of drug-likeness (QED) is 0.834. The van der Waals surface area contributed by atoms with E-state index in [0.717, 1.165) is 17.2 Å². The fourth-order valence-electron chi connectivity index (χ4n) is 1.60. The number of nitrogens with zero attached hydrogens (tertiary/aromatic N) is 2. The maximum Gasteiger partial charge on any atom is 0.197 e. The van der Waals surface area contributed by atoms with E-state index < -0.39 is 0 Å². The summed E-state index contributed by atoms with van der Waals surface area (Å²) in [6.07, 6.45) is 2.32. The number of anilines is 2. The van der Waals surface area contributed by atoms with Crippen molar-refractivity contribution in [1.29, 1.82) is 0 Å². The summed E-state index contributed by atoms with van der Waals surface area (Å²) in [5.41, 5.74) is 5.79. The minimum absolute atomic E-state index is 0.476. The topological polar surface area (TPSA) is 51.4 Å². The molecule has 0 aromatic carbocycles. The van der Waals surface area contributed by atoms with E-state index in [0.29, 0.717) is 18.5 Å². The van der Waals surface area contributed by atoms with Crippen molar-refractivity contribution in [2.45, 2.75) is 39.7 Å². The molecule has 1 unspecified atom stereocenters. The Balaban J connectivity index is 2.85. The van der Waals surface area contributed by atoms with E-state index in [1.807, 2.05) is 6.92 Å². The third kappa shape index (κ3) is 2.78. The van der Waals surface area contributed by atoms with Gasteiger partial charge >= 0.3 is 0 Å². The molecule has 16 heavy (non-hydrogen) atoms. The van der Waals surface area contributed by atoms with Gasteiger partial charge in [0.15, 0.2) is 16.6 Å². The smallest absolute Gasteiger partial charge is 0.197 e. The Bertz CT molecular complexity index is 327. The number of aromatic nitrogens is 1. The first-order valence-corrected chi connectivity index (χ1v) is 6.49. The van der Waals surface area contributed by atoms with Crippen LogP contribution in [0.1, 0.15) is 33.6 Å². The van der Waals surface area contributed by atoms with Crippen molar-refractivity contribution in [3.63, 3.8) is 0 Å². The Morgan fingerprint density at radius 1 is 1.50 bits per heavy atom. The molecule has 4 nitrogen and oxygen atoms in total. The van der Waals surface area contributed by atoms with Crippen LogP contribution in [0.15, 0.2) is 0 Å². The van der Waals surface area contributed by atoms with Gasteiger partial charge in [0.2, 0.25) is 0 Å². The minimum Gasteiger partial charge on any atom is -0.487 e. The highest BCUT2D eigenvalue weighted by molar-refractivity contribution is 7.11. The van der Waals surface area contributed by atoms with Crippen molar-refractivity contribution in [2.24, 2.45) is 0 Å². The molecule has 1 atom stereocenters. The molecule has 1 aromatic rings. The molecule has 2 N–H and O–H groups in total.